The Labute approximate surface area is 176 Å². The third-order valence-corrected chi connectivity index (χ3v) is 5.57. The molecule has 0 aliphatic carbocycles. The van der Waals surface area contributed by atoms with Crippen molar-refractivity contribution < 1.29 is 14.3 Å². The Balaban J connectivity index is 1.54. The standard InChI is InChI=1S/C23H26N4O3/c1-30-22(28)20-19(24-23(29)25-21(20)17-8-4-2-5-9-17)16-26-12-14-27(15-13-26)18-10-6-3-7-11-18/h2-11,21H,12-16H2,1H3,(H2,24,25,29)/t21-/m1/s1. The molecule has 2 aliphatic rings. The van der Waals surface area contributed by atoms with Gasteiger partial charge in [-0.1, -0.05) is 48.5 Å². The van der Waals surface area contributed by atoms with Crippen LogP contribution in [-0.2, 0) is 9.53 Å². The number of carbonyl (C=O) groups excluding carboxylic acids is 2. The summed E-state index contributed by atoms with van der Waals surface area (Å²) in [5.41, 5.74) is 3.12. The van der Waals surface area contributed by atoms with E-state index in [2.05, 4.69) is 32.6 Å². The van der Waals surface area contributed by atoms with Gasteiger partial charge in [-0.25, -0.2) is 9.59 Å². The summed E-state index contributed by atoms with van der Waals surface area (Å²) in [6, 6.07) is 19.0. The molecule has 4 rings (SSSR count). The fraction of sp³-hybridized carbons (Fsp3) is 0.304. The number of hydrogen-bond donors (Lipinski definition) is 2. The van der Waals surface area contributed by atoms with Crippen molar-refractivity contribution >= 4 is 17.7 Å². The highest BCUT2D eigenvalue weighted by Crippen LogP contribution is 2.28. The molecule has 2 heterocycles. The average Bonchev–Trinajstić information content (AvgIpc) is 2.80. The Bertz CT molecular complexity index is 922. The van der Waals surface area contributed by atoms with Crippen LogP contribution in [0.4, 0.5) is 10.5 Å². The molecule has 1 fully saturated rings. The van der Waals surface area contributed by atoms with Crippen molar-refractivity contribution in [3.8, 4) is 0 Å². The summed E-state index contributed by atoms with van der Waals surface area (Å²) in [6.07, 6.45) is 0. The third kappa shape index (κ3) is 4.31. The minimum atomic E-state index is -0.534. The molecule has 7 heteroatoms. The zero-order chi connectivity index (χ0) is 20.9. The first-order chi connectivity index (χ1) is 14.7. The maximum atomic E-state index is 12.6. The van der Waals surface area contributed by atoms with Crippen LogP contribution >= 0.6 is 0 Å². The number of benzene rings is 2. The van der Waals surface area contributed by atoms with Crippen molar-refractivity contribution in [1.82, 2.24) is 15.5 Å². The first-order valence-corrected chi connectivity index (χ1v) is 10.1. The number of piperazine rings is 1. The Morgan fingerprint density at radius 1 is 1.00 bits per heavy atom. The first-order valence-electron chi connectivity index (χ1n) is 10.1. The lowest BCUT2D eigenvalue weighted by Crippen LogP contribution is -2.51. The second kappa shape index (κ2) is 9.00. The number of methoxy groups -OCH3 is 1. The van der Waals surface area contributed by atoms with Crippen LogP contribution in [0.3, 0.4) is 0 Å². The van der Waals surface area contributed by atoms with E-state index in [1.54, 1.807) is 0 Å². The van der Waals surface area contributed by atoms with E-state index in [4.69, 9.17) is 4.74 Å². The van der Waals surface area contributed by atoms with Gasteiger partial charge in [0.05, 0.1) is 18.7 Å². The SMILES string of the molecule is COC(=O)C1=C(CN2CCN(c3ccccc3)CC2)NC(=O)N[C@@H]1c1ccccc1. The van der Waals surface area contributed by atoms with Gasteiger partial charge in [-0.15, -0.1) is 0 Å². The quantitative estimate of drug-likeness (QED) is 0.746. The molecule has 0 bridgehead atoms. The van der Waals surface area contributed by atoms with Crippen LogP contribution in [-0.4, -0.2) is 56.7 Å². The van der Waals surface area contributed by atoms with Crippen LogP contribution in [0.5, 0.6) is 0 Å². The summed E-state index contributed by atoms with van der Waals surface area (Å²) in [6.45, 7) is 3.94. The predicted octanol–water partition coefficient (Wildman–Crippen LogP) is 2.29. The van der Waals surface area contributed by atoms with E-state index in [0.717, 1.165) is 31.7 Å². The van der Waals surface area contributed by atoms with Gasteiger partial charge >= 0.3 is 12.0 Å². The number of para-hydroxylation sites is 1. The van der Waals surface area contributed by atoms with Crippen molar-refractivity contribution in [2.24, 2.45) is 0 Å². The predicted molar refractivity (Wildman–Crippen MR) is 115 cm³/mol. The van der Waals surface area contributed by atoms with Crippen LogP contribution in [0.25, 0.3) is 0 Å². The van der Waals surface area contributed by atoms with Crippen molar-refractivity contribution in [1.29, 1.82) is 0 Å². The van der Waals surface area contributed by atoms with E-state index < -0.39 is 12.0 Å². The molecule has 7 nitrogen and oxygen atoms in total. The molecule has 2 amide bonds. The molecule has 0 radical (unpaired) electrons. The van der Waals surface area contributed by atoms with E-state index in [9.17, 15) is 9.59 Å². The zero-order valence-electron chi connectivity index (χ0n) is 17.0. The van der Waals surface area contributed by atoms with Crippen molar-refractivity contribution in [3.05, 3.63) is 77.5 Å². The molecule has 2 aromatic carbocycles. The molecule has 1 saturated heterocycles. The van der Waals surface area contributed by atoms with Gasteiger partial charge < -0.3 is 20.3 Å². The van der Waals surface area contributed by atoms with Crippen molar-refractivity contribution in [3.63, 3.8) is 0 Å². The Morgan fingerprint density at radius 2 is 1.63 bits per heavy atom. The van der Waals surface area contributed by atoms with Gasteiger partial charge in [-0.3, -0.25) is 4.90 Å². The number of nitrogens with zero attached hydrogens (tertiary/aromatic N) is 2. The highest BCUT2D eigenvalue weighted by atomic mass is 16.5. The molecule has 156 valence electrons. The van der Waals surface area contributed by atoms with Crippen molar-refractivity contribution in [2.45, 2.75) is 6.04 Å². The number of nitrogens with one attached hydrogen (secondary N) is 2. The van der Waals surface area contributed by atoms with E-state index in [0.29, 0.717) is 17.8 Å². The number of ether oxygens (including phenoxy) is 1. The van der Waals surface area contributed by atoms with Crippen molar-refractivity contribution in [2.75, 3.05) is 44.7 Å². The fourth-order valence-corrected chi connectivity index (χ4v) is 4.02. The van der Waals surface area contributed by atoms with Gasteiger partial charge in [0.2, 0.25) is 0 Å². The molecular formula is C23H26N4O3. The summed E-state index contributed by atoms with van der Waals surface area (Å²) < 4.78 is 5.06. The maximum Gasteiger partial charge on any atom is 0.338 e. The molecule has 2 N–H and O–H groups in total. The van der Waals surface area contributed by atoms with Gasteiger partial charge in [0.1, 0.15) is 0 Å². The average molecular weight is 406 g/mol. The Kier molecular flexibility index (Phi) is 5.99. The lowest BCUT2D eigenvalue weighted by molar-refractivity contribution is -0.136. The highest BCUT2D eigenvalue weighted by molar-refractivity contribution is 5.95. The summed E-state index contributed by atoms with van der Waals surface area (Å²) >= 11 is 0. The molecule has 30 heavy (non-hydrogen) atoms. The minimum Gasteiger partial charge on any atom is -0.466 e. The molecule has 2 aliphatic heterocycles. The van der Waals surface area contributed by atoms with E-state index in [1.807, 2.05) is 48.5 Å². The normalized spacial score (nSPS) is 19.8. The van der Waals surface area contributed by atoms with Gasteiger partial charge in [0.25, 0.3) is 0 Å². The summed E-state index contributed by atoms with van der Waals surface area (Å²) in [5.74, 6) is -0.436. The number of amides is 2. The lowest BCUT2D eigenvalue weighted by atomic mass is 9.95. The Hall–Kier alpha value is -3.32. The third-order valence-electron chi connectivity index (χ3n) is 5.57. The summed E-state index contributed by atoms with van der Waals surface area (Å²) in [5, 5.41) is 5.70. The van der Waals surface area contributed by atoms with Crippen LogP contribution in [0.1, 0.15) is 11.6 Å². The number of hydrogen-bond acceptors (Lipinski definition) is 5. The smallest absolute Gasteiger partial charge is 0.338 e. The molecule has 1 atom stereocenters. The molecule has 0 saturated carbocycles. The topological polar surface area (TPSA) is 73.9 Å². The first kappa shape index (κ1) is 20.0. The Morgan fingerprint density at radius 3 is 2.27 bits per heavy atom. The number of esters is 1. The minimum absolute atomic E-state index is 0.311. The summed E-state index contributed by atoms with van der Waals surface area (Å²) in [7, 11) is 1.37. The molecule has 0 spiro atoms. The van der Waals surface area contributed by atoms with Gasteiger partial charge in [-0.2, -0.15) is 0 Å². The number of anilines is 1. The van der Waals surface area contributed by atoms with Crippen LogP contribution in [0, 0.1) is 0 Å². The van der Waals surface area contributed by atoms with E-state index >= 15 is 0 Å². The number of rotatable bonds is 5. The second-order valence-corrected chi connectivity index (χ2v) is 7.42. The fourth-order valence-electron chi connectivity index (χ4n) is 4.02. The van der Waals surface area contributed by atoms with Gasteiger partial charge in [-0.05, 0) is 17.7 Å². The number of urea groups is 1. The number of carbonyl (C=O) groups is 2. The van der Waals surface area contributed by atoms with E-state index in [-0.39, 0.29) is 6.03 Å². The summed E-state index contributed by atoms with van der Waals surface area (Å²) in [4.78, 5) is 29.6. The highest BCUT2D eigenvalue weighted by Gasteiger charge is 2.34. The maximum absolute atomic E-state index is 12.6. The second-order valence-electron chi connectivity index (χ2n) is 7.42. The molecular weight excluding hydrogens is 380 g/mol. The largest absolute Gasteiger partial charge is 0.466 e. The molecule has 0 unspecified atom stereocenters. The van der Waals surface area contributed by atoms with Crippen LogP contribution < -0.4 is 15.5 Å². The van der Waals surface area contributed by atoms with Crippen LogP contribution in [0.2, 0.25) is 0 Å². The molecule has 0 aromatic heterocycles. The lowest BCUT2D eigenvalue weighted by Gasteiger charge is -2.38. The molecule has 2 aromatic rings. The van der Waals surface area contributed by atoms with E-state index in [1.165, 1.54) is 12.8 Å². The zero-order valence-corrected chi connectivity index (χ0v) is 17.0. The van der Waals surface area contributed by atoms with Gasteiger partial charge in [0, 0.05) is 44.1 Å². The monoisotopic (exact) mass is 406 g/mol. The van der Waals surface area contributed by atoms with Crippen LogP contribution in [0.15, 0.2) is 71.9 Å². The van der Waals surface area contributed by atoms with Gasteiger partial charge in [0.15, 0.2) is 0 Å².